The first-order valence-electron chi connectivity index (χ1n) is 6.04. The molecule has 0 aliphatic rings. The van der Waals surface area contributed by atoms with Crippen LogP contribution in [0.4, 0.5) is 4.39 Å². The van der Waals surface area contributed by atoms with E-state index in [1.165, 1.54) is 11.6 Å². The molecular formula is C16H16BrF. The van der Waals surface area contributed by atoms with E-state index in [4.69, 9.17) is 0 Å². The van der Waals surface area contributed by atoms with Crippen molar-refractivity contribution in [1.82, 2.24) is 0 Å². The van der Waals surface area contributed by atoms with Gasteiger partial charge in [-0.2, -0.15) is 0 Å². The zero-order valence-electron chi connectivity index (χ0n) is 10.5. The maximum Gasteiger partial charge on any atom is 0.126 e. The lowest BCUT2D eigenvalue weighted by Crippen LogP contribution is -2.02. The van der Waals surface area contributed by atoms with Crippen LogP contribution in [0.5, 0.6) is 0 Å². The Hall–Kier alpha value is -1.15. The molecule has 0 bridgehead atoms. The third-order valence-corrected chi connectivity index (χ3v) is 4.59. The minimum absolute atomic E-state index is 0.147. The van der Waals surface area contributed by atoms with Gasteiger partial charge in [-0.25, -0.2) is 4.39 Å². The smallest absolute Gasteiger partial charge is 0.126 e. The Labute approximate surface area is 116 Å². The molecule has 0 aliphatic heterocycles. The third-order valence-electron chi connectivity index (χ3n) is 3.26. The van der Waals surface area contributed by atoms with Gasteiger partial charge in [0, 0.05) is 4.83 Å². The second-order valence-electron chi connectivity index (χ2n) is 4.61. The second-order valence-corrected chi connectivity index (χ2v) is 5.60. The monoisotopic (exact) mass is 306 g/mol. The molecule has 2 aromatic rings. The van der Waals surface area contributed by atoms with Crippen molar-refractivity contribution in [2.24, 2.45) is 0 Å². The summed E-state index contributed by atoms with van der Waals surface area (Å²) < 4.78 is 13.3. The van der Waals surface area contributed by atoms with E-state index in [0.717, 1.165) is 5.56 Å². The Bertz CT molecular complexity index is 522. The maximum absolute atomic E-state index is 13.3. The summed E-state index contributed by atoms with van der Waals surface area (Å²) in [6, 6.07) is 15.6. The van der Waals surface area contributed by atoms with Gasteiger partial charge < -0.3 is 0 Å². The fraction of sp³-hybridized carbons (Fsp3) is 0.250. The lowest BCUT2D eigenvalue weighted by molar-refractivity contribution is 0.616. The summed E-state index contributed by atoms with van der Waals surface area (Å²) in [6.45, 7) is 3.97. The van der Waals surface area contributed by atoms with Crippen LogP contribution in [0.15, 0.2) is 48.5 Å². The fourth-order valence-corrected chi connectivity index (χ4v) is 2.64. The molecule has 0 spiro atoms. The Balaban J connectivity index is 2.25. The molecule has 2 heteroatoms. The lowest BCUT2D eigenvalue weighted by atomic mass is 9.93. The van der Waals surface area contributed by atoms with Crippen molar-refractivity contribution >= 4 is 15.9 Å². The van der Waals surface area contributed by atoms with Gasteiger partial charge in [0.1, 0.15) is 5.82 Å². The van der Waals surface area contributed by atoms with Gasteiger partial charge in [0.05, 0.1) is 0 Å². The summed E-state index contributed by atoms with van der Waals surface area (Å²) >= 11 is 3.72. The minimum Gasteiger partial charge on any atom is -0.207 e. The summed E-state index contributed by atoms with van der Waals surface area (Å²) in [5, 5.41) is 0. The molecule has 0 nitrogen and oxygen atoms in total. The minimum atomic E-state index is -0.147. The third kappa shape index (κ3) is 2.81. The summed E-state index contributed by atoms with van der Waals surface area (Å²) in [7, 11) is 0. The van der Waals surface area contributed by atoms with Crippen molar-refractivity contribution < 1.29 is 4.39 Å². The van der Waals surface area contributed by atoms with Crippen LogP contribution < -0.4 is 0 Å². The van der Waals surface area contributed by atoms with Crippen LogP contribution in [0.2, 0.25) is 0 Å². The van der Waals surface area contributed by atoms with Gasteiger partial charge in [-0.05, 0) is 35.6 Å². The molecule has 0 amide bonds. The Morgan fingerprint density at radius 2 is 1.67 bits per heavy atom. The highest BCUT2D eigenvalue weighted by molar-refractivity contribution is 9.09. The van der Waals surface area contributed by atoms with Crippen LogP contribution in [0.3, 0.4) is 0 Å². The normalized spacial score (nSPS) is 14.2. The molecule has 2 aromatic carbocycles. The lowest BCUT2D eigenvalue weighted by Gasteiger charge is -2.19. The Kier molecular flexibility index (Phi) is 4.18. The molecule has 2 rings (SSSR count). The van der Waals surface area contributed by atoms with E-state index in [1.807, 2.05) is 30.3 Å². The number of rotatable bonds is 3. The van der Waals surface area contributed by atoms with Crippen molar-refractivity contribution in [3.8, 4) is 0 Å². The highest BCUT2D eigenvalue weighted by Gasteiger charge is 2.18. The van der Waals surface area contributed by atoms with Gasteiger partial charge in [-0.1, -0.05) is 65.3 Å². The standard InChI is InChI=1S/C16H16BrF/c1-11-10-14(8-9-15(11)18)16(17)12(2)13-6-4-3-5-7-13/h3-10,12,16H,1-2H3. The molecule has 0 radical (unpaired) electrons. The van der Waals surface area contributed by atoms with Crippen LogP contribution in [0, 0.1) is 12.7 Å². The molecule has 0 saturated heterocycles. The summed E-state index contributed by atoms with van der Waals surface area (Å²) in [5.41, 5.74) is 3.09. The van der Waals surface area contributed by atoms with Gasteiger partial charge in [-0.15, -0.1) is 0 Å². The molecule has 0 N–H and O–H groups in total. The summed E-state index contributed by atoms with van der Waals surface area (Å²) in [6.07, 6.45) is 0. The first-order chi connectivity index (χ1) is 8.59. The van der Waals surface area contributed by atoms with E-state index in [-0.39, 0.29) is 10.6 Å². The zero-order chi connectivity index (χ0) is 13.1. The Morgan fingerprint density at radius 3 is 2.28 bits per heavy atom. The molecule has 94 valence electrons. The van der Waals surface area contributed by atoms with Crippen molar-refractivity contribution in [2.75, 3.05) is 0 Å². The molecule has 0 heterocycles. The molecule has 18 heavy (non-hydrogen) atoms. The quantitative estimate of drug-likeness (QED) is 0.668. The maximum atomic E-state index is 13.3. The van der Waals surface area contributed by atoms with Crippen LogP contribution in [-0.4, -0.2) is 0 Å². The SMILES string of the molecule is Cc1cc(C(Br)C(C)c2ccccc2)ccc1F. The van der Waals surface area contributed by atoms with Crippen LogP contribution in [0.25, 0.3) is 0 Å². The average molecular weight is 307 g/mol. The molecular weight excluding hydrogens is 291 g/mol. The van der Waals surface area contributed by atoms with E-state index < -0.39 is 0 Å². The van der Waals surface area contributed by atoms with Crippen LogP contribution in [0.1, 0.15) is 34.4 Å². The van der Waals surface area contributed by atoms with Crippen molar-refractivity contribution in [3.63, 3.8) is 0 Å². The highest BCUT2D eigenvalue weighted by Crippen LogP contribution is 2.37. The topological polar surface area (TPSA) is 0 Å². The second kappa shape index (κ2) is 5.66. The van der Waals surface area contributed by atoms with Crippen LogP contribution in [-0.2, 0) is 0 Å². The first-order valence-corrected chi connectivity index (χ1v) is 6.96. The van der Waals surface area contributed by atoms with Gasteiger partial charge in [0.2, 0.25) is 0 Å². The van der Waals surface area contributed by atoms with Crippen LogP contribution >= 0.6 is 15.9 Å². The van der Waals surface area contributed by atoms with Crippen molar-refractivity contribution in [2.45, 2.75) is 24.6 Å². The molecule has 2 unspecified atom stereocenters. The number of hydrogen-bond acceptors (Lipinski definition) is 0. The fourth-order valence-electron chi connectivity index (χ4n) is 2.05. The van der Waals surface area contributed by atoms with Gasteiger partial charge in [-0.3, -0.25) is 0 Å². The number of aryl methyl sites for hydroxylation is 1. The molecule has 0 saturated carbocycles. The van der Waals surface area contributed by atoms with E-state index in [1.54, 1.807) is 6.92 Å². The zero-order valence-corrected chi connectivity index (χ0v) is 12.1. The molecule has 0 aromatic heterocycles. The van der Waals surface area contributed by atoms with E-state index >= 15 is 0 Å². The van der Waals surface area contributed by atoms with E-state index in [9.17, 15) is 4.39 Å². The van der Waals surface area contributed by atoms with Gasteiger partial charge >= 0.3 is 0 Å². The van der Waals surface area contributed by atoms with Gasteiger partial charge in [0.25, 0.3) is 0 Å². The van der Waals surface area contributed by atoms with Crippen molar-refractivity contribution in [3.05, 3.63) is 71.0 Å². The Morgan fingerprint density at radius 1 is 1.00 bits per heavy atom. The first kappa shape index (κ1) is 13.3. The molecule has 0 aliphatic carbocycles. The summed E-state index contributed by atoms with van der Waals surface area (Å²) in [4.78, 5) is 0.194. The predicted octanol–water partition coefficient (Wildman–Crippen LogP) is 5.37. The number of hydrogen-bond donors (Lipinski definition) is 0. The number of halogens is 2. The molecule has 2 atom stereocenters. The van der Waals surface area contributed by atoms with Crippen molar-refractivity contribution in [1.29, 1.82) is 0 Å². The van der Waals surface area contributed by atoms with Gasteiger partial charge in [0.15, 0.2) is 0 Å². The number of benzene rings is 2. The summed E-state index contributed by atoms with van der Waals surface area (Å²) in [5.74, 6) is 0.196. The highest BCUT2D eigenvalue weighted by atomic mass is 79.9. The molecule has 0 fully saturated rings. The average Bonchev–Trinajstić information content (AvgIpc) is 2.41. The number of alkyl halides is 1. The van der Waals surface area contributed by atoms with E-state index in [2.05, 4.69) is 35.0 Å². The van der Waals surface area contributed by atoms with E-state index in [0.29, 0.717) is 11.5 Å². The largest absolute Gasteiger partial charge is 0.207 e. The predicted molar refractivity (Wildman–Crippen MR) is 77.7 cm³/mol.